The van der Waals surface area contributed by atoms with Crippen LogP contribution in [0.3, 0.4) is 0 Å². The van der Waals surface area contributed by atoms with Gasteiger partial charge in [-0.2, -0.15) is 18.2 Å². The Morgan fingerprint density at radius 2 is 1.94 bits per heavy atom. The van der Waals surface area contributed by atoms with Gasteiger partial charge in [-0.1, -0.05) is 24.3 Å². The molecule has 0 radical (unpaired) electrons. The number of hydrazine groups is 1. The molecule has 0 bridgehead atoms. The van der Waals surface area contributed by atoms with Gasteiger partial charge in [0, 0.05) is 12.3 Å². The van der Waals surface area contributed by atoms with Gasteiger partial charge in [-0.05, 0) is 42.7 Å². The lowest BCUT2D eigenvalue weighted by molar-refractivity contribution is -0.138. The smallest absolute Gasteiger partial charge is 0.416 e. The summed E-state index contributed by atoms with van der Waals surface area (Å²) < 4.78 is 46.4. The lowest BCUT2D eigenvalue weighted by Gasteiger charge is -2.40. The normalized spacial score (nSPS) is 20.4. The Hall–Kier alpha value is -3.61. The molecule has 0 saturated heterocycles. The lowest BCUT2D eigenvalue weighted by atomic mass is 9.90. The molecule has 1 aromatic heterocycles. The van der Waals surface area contributed by atoms with Crippen LogP contribution in [-0.4, -0.2) is 51.6 Å². The molecule has 5 N–H and O–H groups in total. The minimum absolute atomic E-state index is 0.0588. The third-order valence-electron chi connectivity index (χ3n) is 6.04. The quantitative estimate of drug-likeness (QED) is 0.364. The summed E-state index contributed by atoms with van der Waals surface area (Å²) in [7, 11) is 0. The van der Waals surface area contributed by atoms with E-state index in [0.29, 0.717) is 5.57 Å². The number of aliphatic hydroxyl groups excluding tert-OH is 2. The second kappa shape index (κ2) is 10.2. The summed E-state index contributed by atoms with van der Waals surface area (Å²) in [4.78, 5) is 17.3. The average Bonchev–Trinajstić information content (AvgIpc) is 3.28. The minimum Gasteiger partial charge on any atom is -0.475 e. The van der Waals surface area contributed by atoms with Gasteiger partial charge in [0.05, 0.1) is 18.2 Å². The number of nitrogens with zero attached hydrogens (tertiary/aromatic N) is 2. The first-order valence-corrected chi connectivity index (χ1v) is 11.1. The molecule has 3 heterocycles. The summed E-state index contributed by atoms with van der Waals surface area (Å²) in [6, 6.07) is 9.20. The van der Waals surface area contributed by atoms with Crippen LogP contribution < -0.4 is 20.8 Å². The molecular formula is C24H26F3N5O4. The number of ether oxygens (including phenoxy) is 1. The van der Waals surface area contributed by atoms with E-state index in [1.807, 2.05) is 6.92 Å². The summed E-state index contributed by atoms with van der Waals surface area (Å²) >= 11 is 0. The Morgan fingerprint density at radius 3 is 2.67 bits per heavy atom. The Kier molecular flexibility index (Phi) is 7.20. The molecule has 0 aliphatic carbocycles. The number of carbonyl (C=O) groups is 1. The molecule has 2 aromatic rings. The molecule has 1 aromatic carbocycles. The van der Waals surface area contributed by atoms with Crippen LogP contribution in [0.2, 0.25) is 0 Å². The average molecular weight is 505 g/mol. The molecule has 3 atom stereocenters. The molecule has 192 valence electrons. The molecule has 1 amide bonds. The maximum atomic E-state index is 13.7. The Bertz CT molecular complexity index is 1200. The van der Waals surface area contributed by atoms with Crippen LogP contribution in [0, 0.1) is 0 Å². The van der Waals surface area contributed by atoms with Crippen LogP contribution >= 0.6 is 0 Å². The summed E-state index contributed by atoms with van der Waals surface area (Å²) in [6.07, 6.45) is -4.58. The fourth-order valence-electron chi connectivity index (χ4n) is 4.05. The van der Waals surface area contributed by atoms with Crippen molar-refractivity contribution in [2.45, 2.75) is 38.3 Å². The van der Waals surface area contributed by atoms with Crippen molar-refractivity contribution in [1.29, 1.82) is 0 Å². The van der Waals surface area contributed by atoms with Crippen molar-refractivity contribution in [3.8, 4) is 5.88 Å². The predicted molar refractivity (Wildman–Crippen MR) is 124 cm³/mol. The summed E-state index contributed by atoms with van der Waals surface area (Å²) in [6.45, 7) is 2.92. The topological polar surface area (TPSA) is 119 Å². The standard InChI is InChI=1S/C24H26F3N5O4/c1-13-14(2)22-28-10-18(23(35)30-19-8-5-9-20(29-19)36-12-15(34)11-33)32(22)31-21(13)16-6-3-4-7-17(16)24(25,26)27/h3-10,15,21-22,28,31,33-34H,11-12H2,1-2H3,(H,29,30,35)/t15-,21?,22?/m1/s1. The first kappa shape index (κ1) is 25.5. The highest BCUT2D eigenvalue weighted by atomic mass is 19.4. The molecule has 0 spiro atoms. The molecule has 2 unspecified atom stereocenters. The summed E-state index contributed by atoms with van der Waals surface area (Å²) in [5.41, 5.74) is 4.05. The van der Waals surface area contributed by atoms with Gasteiger partial charge in [0.25, 0.3) is 5.91 Å². The van der Waals surface area contributed by atoms with E-state index in [9.17, 15) is 23.1 Å². The highest BCUT2D eigenvalue weighted by Crippen LogP contribution is 2.40. The summed E-state index contributed by atoms with van der Waals surface area (Å²) in [5, 5.41) is 25.6. The monoisotopic (exact) mass is 505 g/mol. The number of halogens is 3. The molecule has 0 fully saturated rings. The van der Waals surface area contributed by atoms with E-state index >= 15 is 0 Å². The van der Waals surface area contributed by atoms with Gasteiger partial charge < -0.3 is 25.6 Å². The van der Waals surface area contributed by atoms with Crippen LogP contribution in [0.5, 0.6) is 5.88 Å². The molecule has 36 heavy (non-hydrogen) atoms. The van der Waals surface area contributed by atoms with E-state index in [4.69, 9.17) is 9.84 Å². The summed E-state index contributed by atoms with van der Waals surface area (Å²) in [5.74, 6) is -0.251. The van der Waals surface area contributed by atoms with Crippen molar-refractivity contribution in [2.24, 2.45) is 0 Å². The fourth-order valence-corrected chi connectivity index (χ4v) is 4.05. The van der Waals surface area contributed by atoms with E-state index in [1.54, 1.807) is 19.1 Å². The number of benzene rings is 1. The zero-order valence-corrected chi connectivity index (χ0v) is 19.5. The molecule has 0 saturated carbocycles. The minimum atomic E-state index is -4.53. The number of nitrogens with one attached hydrogen (secondary N) is 3. The third-order valence-corrected chi connectivity index (χ3v) is 6.04. The number of hydrogen-bond donors (Lipinski definition) is 5. The number of amides is 1. The maximum Gasteiger partial charge on any atom is 0.416 e. The third kappa shape index (κ3) is 5.15. The molecular weight excluding hydrogens is 479 g/mol. The van der Waals surface area contributed by atoms with E-state index in [1.165, 1.54) is 35.5 Å². The Labute approximate surface area is 205 Å². The SMILES string of the molecule is CC1=C(C)C2NC=C(C(=O)Nc3cccc(OC[C@H](O)CO)n3)N2NC1c1ccccc1C(F)(F)F. The zero-order valence-electron chi connectivity index (χ0n) is 19.5. The predicted octanol–water partition coefficient (Wildman–Crippen LogP) is 2.44. The number of alkyl halides is 3. The first-order chi connectivity index (χ1) is 17.1. The van der Waals surface area contributed by atoms with Crippen LogP contribution in [0.1, 0.15) is 31.0 Å². The van der Waals surface area contributed by atoms with Crippen LogP contribution in [0.25, 0.3) is 0 Å². The first-order valence-electron chi connectivity index (χ1n) is 11.1. The molecule has 2 aliphatic rings. The second-order valence-electron chi connectivity index (χ2n) is 8.44. The number of rotatable bonds is 7. The van der Waals surface area contributed by atoms with Gasteiger partial charge in [-0.3, -0.25) is 9.80 Å². The molecule has 4 rings (SSSR count). The van der Waals surface area contributed by atoms with Crippen molar-refractivity contribution >= 4 is 11.7 Å². The van der Waals surface area contributed by atoms with E-state index in [-0.39, 0.29) is 29.6 Å². The van der Waals surface area contributed by atoms with Gasteiger partial charge in [0.2, 0.25) is 5.88 Å². The van der Waals surface area contributed by atoms with Crippen molar-refractivity contribution in [3.63, 3.8) is 0 Å². The van der Waals surface area contributed by atoms with E-state index in [0.717, 1.165) is 11.6 Å². The number of fused-ring (bicyclic) bond motifs is 1. The number of pyridine rings is 1. The number of aliphatic hydroxyl groups is 2. The Balaban J connectivity index is 1.54. The zero-order chi connectivity index (χ0) is 26.0. The number of aromatic nitrogens is 1. The van der Waals surface area contributed by atoms with Gasteiger partial charge in [0.15, 0.2) is 0 Å². The van der Waals surface area contributed by atoms with Crippen LogP contribution in [0.4, 0.5) is 19.0 Å². The van der Waals surface area contributed by atoms with E-state index < -0.39 is 42.6 Å². The van der Waals surface area contributed by atoms with Crippen molar-refractivity contribution in [2.75, 3.05) is 18.5 Å². The van der Waals surface area contributed by atoms with Crippen molar-refractivity contribution in [3.05, 3.63) is 76.6 Å². The highest BCUT2D eigenvalue weighted by molar-refractivity contribution is 6.03. The molecule has 2 aliphatic heterocycles. The van der Waals surface area contributed by atoms with Crippen molar-refractivity contribution in [1.82, 2.24) is 20.7 Å². The van der Waals surface area contributed by atoms with Gasteiger partial charge in [0.1, 0.15) is 30.4 Å². The Morgan fingerprint density at radius 1 is 1.19 bits per heavy atom. The van der Waals surface area contributed by atoms with Crippen LogP contribution in [0.15, 0.2) is 65.5 Å². The van der Waals surface area contributed by atoms with E-state index in [2.05, 4.69) is 21.0 Å². The van der Waals surface area contributed by atoms with Gasteiger partial charge >= 0.3 is 6.18 Å². The van der Waals surface area contributed by atoms with Crippen molar-refractivity contribution < 1.29 is 32.9 Å². The molecule has 9 nitrogen and oxygen atoms in total. The molecule has 12 heteroatoms. The van der Waals surface area contributed by atoms with Gasteiger partial charge in [-0.15, -0.1) is 0 Å². The number of hydrogen-bond acceptors (Lipinski definition) is 8. The number of anilines is 1. The highest BCUT2D eigenvalue weighted by Gasteiger charge is 2.41. The maximum absolute atomic E-state index is 13.7. The van der Waals surface area contributed by atoms with Gasteiger partial charge in [-0.25, -0.2) is 5.43 Å². The second-order valence-corrected chi connectivity index (χ2v) is 8.44. The largest absolute Gasteiger partial charge is 0.475 e. The number of carbonyl (C=O) groups excluding carboxylic acids is 1. The fraction of sp³-hybridized carbons (Fsp3) is 0.333. The van der Waals surface area contributed by atoms with Crippen LogP contribution in [-0.2, 0) is 11.0 Å². The lowest BCUT2D eigenvalue weighted by Crippen LogP contribution is -2.53.